The lowest BCUT2D eigenvalue weighted by molar-refractivity contribution is -0.147. The van der Waals surface area contributed by atoms with Crippen LogP contribution in [0, 0.1) is 0 Å². The van der Waals surface area contributed by atoms with Gasteiger partial charge in [-0.25, -0.2) is 4.98 Å². The van der Waals surface area contributed by atoms with E-state index < -0.39 is 5.97 Å². The Morgan fingerprint density at radius 3 is 2.64 bits per heavy atom. The lowest BCUT2D eigenvalue weighted by atomic mass is 10.2. The van der Waals surface area contributed by atoms with Gasteiger partial charge in [0, 0.05) is 22.0 Å². The van der Waals surface area contributed by atoms with Crippen molar-refractivity contribution in [3.05, 3.63) is 75.7 Å². The van der Waals surface area contributed by atoms with Crippen molar-refractivity contribution in [2.45, 2.75) is 13.0 Å². The van der Waals surface area contributed by atoms with Gasteiger partial charge in [-0.2, -0.15) is 0 Å². The summed E-state index contributed by atoms with van der Waals surface area (Å²) in [5, 5.41) is 2.74. The summed E-state index contributed by atoms with van der Waals surface area (Å²) < 4.78 is 5.72. The number of aromatic nitrogens is 1. The third kappa shape index (κ3) is 5.50. The summed E-state index contributed by atoms with van der Waals surface area (Å²) in [5.74, 6) is -0.613. The van der Waals surface area contributed by atoms with Crippen molar-refractivity contribution in [3.63, 3.8) is 0 Å². The van der Waals surface area contributed by atoms with Crippen LogP contribution < -0.4 is 0 Å². The molecule has 1 amide bonds. The molecule has 3 rings (SSSR count). The molecular weight excluding hydrogens is 440 g/mol. The summed E-state index contributed by atoms with van der Waals surface area (Å²) in [5.41, 5.74) is 2.63. The first-order valence-electron chi connectivity index (χ1n) is 8.64. The second-order valence-corrected chi connectivity index (χ2v) is 7.92. The molecule has 0 spiro atoms. The van der Waals surface area contributed by atoms with Crippen LogP contribution in [0.1, 0.15) is 11.3 Å². The van der Waals surface area contributed by atoms with E-state index in [1.165, 1.54) is 23.3 Å². The number of hydrogen-bond acceptors (Lipinski definition) is 5. The summed E-state index contributed by atoms with van der Waals surface area (Å²) in [6.07, 6.45) is 0.133. The Morgan fingerprint density at radius 1 is 1.14 bits per heavy atom. The molecule has 0 atom stereocenters. The largest absolute Gasteiger partial charge is 0.468 e. The third-order valence-electron chi connectivity index (χ3n) is 4.07. The maximum Gasteiger partial charge on any atom is 0.325 e. The highest BCUT2D eigenvalue weighted by Crippen LogP contribution is 2.26. The fraction of sp³-hybridized carbons (Fsp3) is 0.190. The van der Waals surface area contributed by atoms with E-state index in [4.69, 9.17) is 4.74 Å². The van der Waals surface area contributed by atoms with Crippen LogP contribution in [0.2, 0.25) is 0 Å². The molecular formula is C21H19BrN2O3S. The molecule has 0 aliphatic carbocycles. The van der Waals surface area contributed by atoms with Crippen LogP contribution in [-0.2, 0) is 27.3 Å². The smallest absolute Gasteiger partial charge is 0.325 e. The summed E-state index contributed by atoms with van der Waals surface area (Å²) in [7, 11) is 1.32. The van der Waals surface area contributed by atoms with Gasteiger partial charge in [0.1, 0.15) is 11.6 Å². The number of amides is 1. The summed E-state index contributed by atoms with van der Waals surface area (Å²) in [6.45, 7) is 0.254. The van der Waals surface area contributed by atoms with Crippen LogP contribution >= 0.6 is 27.3 Å². The molecule has 0 saturated carbocycles. The summed E-state index contributed by atoms with van der Waals surface area (Å²) >= 11 is 4.95. The first kappa shape index (κ1) is 20.2. The van der Waals surface area contributed by atoms with E-state index in [2.05, 4.69) is 20.9 Å². The number of thiazole rings is 1. The van der Waals surface area contributed by atoms with E-state index in [0.29, 0.717) is 12.2 Å². The minimum absolute atomic E-state index is 0.0904. The van der Waals surface area contributed by atoms with Crippen molar-refractivity contribution in [1.29, 1.82) is 0 Å². The standard InChI is InChI=1S/C21H19BrN2O3S/c1-27-20(26)13-24(12-15-6-3-2-4-7-15)19(25)11-18-14-28-21(23-18)16-8-5-9-17(22)10-16/h2-10,14H,11-13H2,1H3. The molecule has 3 aromatic rings. The van der Waals surface area contributed by atoms with Crippen LogP contribution in [0.25, 0.3) is 10.6 Å². The number of benzene rings is 2. The summed E-state index contributed by atoms with van der Waals surface area (Å²) in [6, 6.07) is 17.4. The summed E-state index contributed by atoms with van der Waals surface area (Å²) in [4.78, 5) is 30.7. The number of halogens is 1. The van der Waals surface area contributed by atoms with Crippen LogP contribution in [0.5, 0.6) is 0 Å². The lowest BCUT2D eigenvalue weighted by Gasteiger charge is -2.21. The molecule has 144 valence electrons. The van der Waals surface area contributed by atoms with Gasteiger partial charge in [-0.05, 0) is 17.7 Å². The number of ether oxygens (including phenoxy) is 1. The van der Waals surface area contributed by atoms with Gasteiger partial charge in [0.25, 0.3) is 0 Å². The van der Waals surface area contributed by atoms with Crippen molar-refractivity contribution >= 4 is 39.1 Å². The van der Waals surface area contributed by atoms with Gasteiger partial charge in [0.15, 0.2) is 0 Å². The second-order valence-electron chi connectivity index (χ2n) is 6.14. The zero-order valence-corrected chi connectivity index (χ0v) is 17.7. The zero-order chi connectivity index (χ0) is 19.9. The molecule has 0 aliphatic heterocycles. The Balaban J connectivity index is 1.73. The molecule has 0 saturated heterocycles. The molecule has 1 heterocycles. The number of rotatable bonds is 7. The van der Waals surface area contributed by atoms with Crippen molar-refractivity contribution in [2.24, 2.45) is 0 Å². The average Bonchev–Trinajstić information content (AvgIpc) is 3.16. The molecule has 28 heavy (non-hydrogen) atoms. The molecule has 0 aliphatic rings. The molecule has 2 aromatic carbocycles. The number of carbonyl (C=O) groups excluding carboxylic acids is 2. The van der Waals surface area contributed by atoms with Gasteiger partial charge in [0.2, 0.25) is 5.91 Å². The highest BCUT2D eigenvalue weighted by Gasteiger charge is 2.19. The molecule has 0 unspecified atom stereocenters. The second kappa shape index (κ2) is 9.61. The van der Waals surface area contributed by atoms with Gasteiger partial charge < -0.3 is 9.64 Å². The minimum atomic E-state index is -0.447. The zero-order valence-electron chi connectivity index (χ0n) is 15.3. The van der Waals surface area contributed by atoms with Crippen LogP contribution in [0.3, 0.4) is 0 Å². The van der Waals surface area contributed by atoms with E-state index in [1.807, 2.05) is 60.0 Å². The van der Waals surface area contributed by atoms with Crippen molar-refractivity contribution < 1.29 is 14.3 Å². The Labute approximate surface area is 176 Å². The molecule has 0 radical (unpaired) electrons. The SMILES string of the molecule is COC(=O)CN(Cc1ccccc1)C(=O)Cc1csc(-c2cccc(Br)c2)n1. The first-order valence-corrected chi connectivity index (χ1v) is 10.3. The van der Waals surface area contributed by atoms with Crippen LogP contribution in [0.15, 0.2) is 64.5 Å². The third-order valence-corrected chi connectivity index (χ3v) is 5.51. The molecule has 0 bridgehead atoms. The van der Waals surface area contributed by atoms with Gasteiger partial charge in [-0.3, -0.25) is 9.59 Å². The van der Waals surface area contributed by atoms with E-state index in [9.17, 15) is 9.59 Å². The highest BCUT2D eigenvalue weighted by atomic mass is 79.9. The molecule has 1 aromatic heterocycles. The molecule has 0 fully saturated rings. The average molecular weight is 459 g/mol. The Morgan fingerprint density at radius 2 is 1.93 bits per heavy atom. The molecule has 0 N–H and O–H groups in total. The van der Waals surface area contributed by atoms with Crippen molar-refractivity contribution in [1.82, 2.24) is 9.88 Å². The Kier molecular flexibility index (Phi) is 6.95. The number of esters is 1. The van der Waals surface area contributed by atoms with Crippen molar-refractivity contribution in [3.8, 4) is 10.6 Å². The maximum absolute atomic E-state index is 12.8. The fourth-order valence-electron chi connectivity index (χ4n) is 2.67. The van der Waals surface area contributed by atoms with E-state index in [1.54, 1.807) is 0 Å². The minimum Gasteiger partial charge on any atom is -0.468 e. The van der Waals surface area contributed by atoms with E-state index in [0.717, 1.165) is 20.6 Å². The van der Waals surface area contributed by atoms with Crippen LogP contribution in [0.4, 0.5) is 0 Å². The number of methoxy groups -OCH3 is 1. The predicted molar refractivity (Wildman–Crippen MR) is 113 cm³/mol. The van der Waals surface area contributed by atoms with Gasteiger partial charge in [0.05, 0.1) is 19.2 Å². The highest BCUT2D eigenvalue weighted by molar-refractivity contribution is 9.10. The Hall–Kier alpha value is -2.51. The molecule has 7 heteroatoms. The topological polar surface area (TPSA) is 59.5 Å². The Bertz CT molecular complexity index is 959. The fourth-order valence-corrected chi connectivity index (χ4v) is 3.88. The number of carbonyl (C=O) groups is 2. The number of hydrogen-bond donors (Lipinski definition) is 0. The monoisotopic (exact) mass is 458 g/mol. The van der Waals surface area contributed by atoms with Crippen molar-refractivity contribution in [2.75, 3.05) is 13.7 Å². The van der Waals surface area contributed by atoms with E-state index >= 15 is 0 Å². The quantitative estimate of drug-likeness (QED) is 0.494. The van der Waals surface area contributed by atoms with Gasteiger partial charge >= 0.3 is 5.97 Å². The van der Waals surface area contributed by atoms with Crippen LogP contribution in [-0.4, -0.2) is 35.4 Å². The predicted octanol–water partition coefficient (Wildman–Crippen LogP) is 4.32. The van der Waals surface area contributed by atoms with Gasteiger partial charge in [-0.15, -0.1) is 11.3 Å². The first-order chi connectivity index (χ1) is 13.5. The normalized spacial score (nSPS) is 10.5. The maximum atomic E-state index is 12.8. The lowest BCUT2D eigenvalue weighted by Crippen LogP contribution is -2.36. The number of nitrogens with zero attached hydrogens (tertiary/aromatic N) is 2. The molecule has 5 nitrogen and oxygen atoms in total. The van der Waals surface area contributed by atoms with Gasteiger partial charge in [-0.1, -0.05) is 58.4 Å². The van der Waals surface area contributed by atoms with E-state index in [-0.39, 0.29) is 18.9 Å².